The second-order valence-corrected chi connectivity index (χ2v) is 9.11. The molecule has 3 nitrogen and oxygen atoms in total. The smallest absolute Gasteiger partial charge is 0.261 e. The molecule has 1 amide bonds. The number of fused-ring (bicyclic) bond motifs is 2. The van der Waals surface area contributed by atoms with Gasteiger partial charge in [-0.3, -0.25) is 4.79 Å². The fraction of sp³-hybridized carbons (Fsp3) is 0.318. The zero-order chi connectivity index (χ0) is 18.2. The third kappa shape index (κ3) is 3.19. The Hall–Kier alpha value is -2.11. The van der Waals surface area contributed by atoms with Gasteiger partial charge >= 0.3 is 0 Å². The van der Waals surface area contributed by atoms with Gasteiger partial charge in [-0.2, -0.15) is 0 Å². The molecular weight excluding hydrogens is 374 g/mol. The van der Waals surface area contributed by atoms with E-state index in [2.05, 4.69) is 41.1 Å². The number of rotatable bonds is 4. The van der Waals surface area contributed by atoms with Gasteiger partial charge in [-0.05, 0) is 77.4 Å². The summed E-state index contributed by atoms with van der Waals surface area (Å²) in [5.41, 5.74) is 4.07. The van der Waals surface area contributed by atoms with Crippen LogP contribution in [0.2, 0.25) is 0 Å². The summed E-state index contributed by atoms with van der Waals surface area (Å²) in [6.45, 7) is 0.850. The molecule has 2 aromatic heterocycles. The van der Waals surface area contributed by atoms with Crippen molar-refractivity contribution in [3.05, 3.63) is 73.6 Å². The molecule has 5 rings (SSSR count). The van der Waals surface area contributed by atoms with E-state index >= 15 is 0 Å². The summed E-state index contributed by atoms with van der Waals surface area (Å²) in [5, 5.41) is 4.22. The molecule has 27 heavy (non-hydrogen) atoms. The zero-order valence-electron chi connectivity index (χ0n) is 15.0. The Morgan fingerprint density at radius 3 is 2.89 bits per heavy atom. The predicted molar refractivity (Wildman–Crippen MR) is 110 cm³/mol. The van der Waals surface area contributed by atoms with Gasteiger partial charge in [0.1, 0.15) is 5.75 Å². The molecule has 0 saturated carbocycles. The number of carbonyl (C=O) groups excluding carboxylic acids is 1. The van der Waals surface area contributed by atoms with Gasteiger partial charge in [0, 0.05) is 16.3 Å². The topological polar surface area (TPSA) is 29.5 Å². The largest absolute Gasteiger partial charge is 0.484 e. The molecule has 1 aliphatic heterocycles. The second-order valence-electron chi connectivity index (χ2n) is 7.13. The van der Waals surface area contributed by atoms with E-state index in [1.165, 1.54) is 32.9 Å². The van der Waals surface area contributed by atoms with E-state index in [-0.39, 0.29) is 18.6 Å². The fourth-order valence-corrected chi connectivity index (χ4v) is 5.96. The number of thiophene rings is 2. The Morgan fingerprint density at radius 2 is 2.00 bits per heavy atom. The highest BCUT2D eigenvalue weighted by atomic mass is 32.1. The molecule has 0 radical (unpaired) electrons. The number of aryl methyl sites for hydroxylation is 2. The van der Waals surface area contributed by atoms with Crippen LogP contribution in [0.25, 0.3) is 0 Å². The van der Waals surface area contributed by atoms with Crippen molar-refractivity contribution in [3.63, 3.8) is 0 Å². The molecule has 5 heteroatoms. The Labute approximate surface area is 167 Å². The zero-order valence-corrected chi connectivity index (χ0v) is 16.7. The normalized spacial score (nSPS) is 18.2. The lowest BCUT2D eigenvalue weighted by molar-refractivity contribution is -0.135. The van der Waals surface area contributed by atoms with Gasteiger partial charge in [0.2, 0.25) is 0 Å². The van der Waals surface area contributed by atoms with Crippen LogP contribution < -0.4 is 4.74 Å². The SMILES string of the molecule is O=C(COc1ccc2c(c1)CCC2)N1CCc2sccc2[C@H]1c1cccs1. The Morgan fingerprint density at radius 1 is 1.07 bits per heavy atom. The van der Waals surface area contributed by atoms with Gasteiger partial charge in [0.15, 0.2) is 6.61 Å². The number of nitrogens with zero attached hydrogens (tertiary/aromatic N) is 1. The van der Waals surface area contributed by atoms with Gasteiger partial charge in [0.25, 0.3) is 5.91 Å². The minimum Gasteiger partial charge on any atom is -0.484 e. The van der Waals surface area contributed by atoms with Gasteiger partial charge in [-0.15, -0.1) is 22.7 Å². The van der Waals surface area contributed by atoms with Crippen molar-refractivity contribution >= 4 is 28.6 Å². The van der Waals surface area contributed by atoms with Crippen LogP contribution in [0.5, 0.6) is 5.75 Å². The van der Waals surface area contributed by atoms with Crippen LogP contribution in [-0.2, 0) is 24.1 Å². The first kappa shape index (κ1) is 17.0. The number of ether oxygens (including phenoxy) is 1. The summed E-state index contributed by atoms with van der Waals surface area (Å²) in [7, 11) is 0. The lowest BCUT2D eigenvalue weighted by Gasteiger charge is -2.35. The van der Waals surface area contributed by atoms with Crippen LogP contribution in [0.3, 0.4) is 0 Å². The van der Waals surface area contributed by atoms with Crippen LogP contribution in [0.15, 0.2) is 47.2 Å². The van der Waals surface area contributed by atoms with Crippen molar-refractivity contribution in [2.45, 2.75) is 31.7 Å². The molecule has 1 aliphatic carbocycles. The second kappa shape index (κ2) is 7.13. The number of hydrogen-bond acceptors (Lipinski definition) is 4. The third-order valence-corrected chi connectivity index (χ3v) is 7.45. The molecule has 1 atom stereocenters. The van der Waals surface area contributed by atoms with Gasteiger partial charge < -0.3 is 9.64 Å². The van der Waals surface area contributed by atoms with Crippen molar-refractivity contribution in [2.24, 2.45) is 0 Å². The van der Waals surface area contributed by atoms with E-state index in [1.54, 1.807) is 22.7 Å². The molecule has 1 aromatic carbocycles. The maximum absolute atomic E-state index is 13.1. The monoisotopic (exact) mass is 395 g/mol. The highest BCUT2D eigenvalue weighted by molar-refractivity contribution is 7.10. The summed E-state index contributed by atoms with van der Waals surface area (Å²) in [6, 6.07) is 12.6. The Kier molecular flexibility index (Phi) is 4.50. The van der Waals surface area contributed by atoms with Crippen molar-refractivity contribution in [3.8, 4) is 5.75 Å². The summed E-state index contributed by atoms with van der Waals surface area (Å²) < 4.78 is 5.90. The molecule has 2 aliphatic rings. The van der Waals surface area contributed by atoms with Gasteiger partial charge in [-0.25, -0.2) is 0 Å². The van der Waals surface area contributed by atoms with E-state index in [9.17, 15) is 4.79 Å². The molecular formula is C22H21NO2S2. The molecule has 0 N–H and O–H groups in total. The third-order valence-electron chi connectivity index (χ3n) is 5.53. The minimum absolute atomic E-state index is 0.0242. The van der Waals surface area contributed by atoms with Crippen LogP contribution >= 0.6 is 22.7 Å². The molecule has 138 valence electrons. The van der Waals surface area contributed by atoms with E-state index in [0.717, 1.165) is 31.6 Å². The number of benzene rings is 1. The average molecular weight is 396 g/mol. The quantitative estimate of drug-likeness (QED) is 0.632. The molecule has 3 heterocycles. The van der Waals surface area contributed by atoms with Gasteiger partial charge in [0.05, 0.1) is 6.04 Å². The molecule has 0 spiro atoms. The van der Waals surface area contributed by atoms with Crippen LogP contribution in [0, 0.1) is 0 Å². The number of hydrogen-bond donors (Lipinski definition) is 0. The lowest BCUT2D eigenvalue weighted by atomic mass is 9.98. The highest BCUT2D eigenvalue weighted by Crippen LogP contribution is 2.39. The maximum atomic E-state index is 13.1. The van der Waals surface area contributed by atoms with Crippen molar-refractivity contribution < 1.29 is 9.53 Å². The lowest BCUT2D eigenvalue weighted by Crippen LogP contribution is -2.42. The average Bonchev–Trinajstić information content (AvgIpc) is 3.45. The molecule has 0 saturated heterocycles. The molecule has 0 unspecified atom stereocenters. The van der Waals surface area contributed by atoms with E-state index in [0.29, 0.717) is 0 Å². The number of amides is 1. The summed E-state index contributed by atoms with van der Waals surface area (Å²) >= 11 is 3.51. The first-order valence-electron chi connectivity index (χ1n) is 9.43. The summed E-state index contributed by atoms with van der Waals surface area (Å²) in [5.74, 6) is 0.871. The van der Waals surface area contributed by atoms with E-state index in [4.69, 9.17) is 4.74 Å². The van der Waals surface area contributed by atoms with Crippen LogP contribution in [0.4, 0.5) is 0 Å². The van der Waals surface area contributed by atoms with Crippen LogP contribution in [0.1, 0.15) is 38.9 Å². The standard InChI is InChI=1S/C22H21NO2S2/c24-21(14-25-17-7-6-15-3-1-4-16(15)13-17)23-10-8-19-18(9-12-27-19)22(23)20-5-2-11-26-20/h2,5-7,9,11-13,22H,1,3-4,8,10,14H2/t22-/m0/s1. The van der Waals surface area contributed by atoms with E-state index in [1.807, 2.05) is 11.0 Å². The Balaban J connectivity index is 1.34. The Bertz CT molecular complexity index is 961. The first-order chi connectivity index (χ1) is 13.3. The predicted octanol–water partition coefficient (Wildman–Crippen LogP) is 4.85. The van der Waals surface area contributed by atoms with Gasteiger partial charge in [-0.1, -0.05) is 12.1 Å². The van der Waals surface area contributed by atoms with Crippen molar-refractivity contribution in [2.75, 3.05) is 13.2 Å². The molecule has 3 aromatic rings. The summed E-state index contributed by atoms with van der Waals surface area (Å²) in [6.07, 6.45) is 4.43. The van der Waals surface area contributed by atoms with Crippen LogP contribution in [-0.4, -0.2) is 24.0 Å². The highest BCUT2D eigenvalue weighted by Gasteiger charge is 2.33. The minimum atomic E-state index is 0.0242. The first-order valence-corrected chi connectivity index (χ1v) is 11.2. The van der Waals surface area contributed by atoms with E-state index < -0.39 is 0 Å². The fourth-order valence-electron chi connectivity index (χ4n) is 4.20. The summed E-state index contributed by atoms with van der Waals surface area (Å²) in [4.78, 5) is 17.7. The molecule has 0 bridgehead atoms. The van der Waals surface area contributed by atoms with Crippen molar-refractivity contribution in [1.29, 1.82) is 0 Å². The number of carbonyl (C=O) groups is 1. The van der Waals surface area contributed by atoms with Crippen molar-refractivity contribution in [1.82, 2.24) is 4.90 Å². The molecule has 0 fully saturated rings. The maximum Gasteiger partial charge on any atom is 0.261 e.